The maximum atomic E-state index is 2.30. The number of hydrogen-bond acceptors (Lipinski definition) is 1. The third-order valence-corrected chi connectivity index (χ3v) is 4.18. The smallest absolute Gasteiger partial charge is 0.108 e. The molecular formula is C14H9NS. The lowest BCUT2D eigenvalue weighted by atomic mass is 10.2. The fraction of sp³-hybridized carbons (Fsp3) is 0. The molecule has 76 valence electrons. The van der Waals surface area contributed by atoms with Gasteiger partial charge in [0.1, 0.15) is 4.83 Å². The van der Waals surface area contributed by atoms with Crippen molar-refractivity contribution in [2.45, 2.75) is 0 Å². The van der Waals surface area contributed by atoms with Crippen LogP contribution in [0.25, 0.3) is 25.8 Å². The number of fused-ring (bicyclic) bond motifs is 5. The highest BCUT2D eigenvalue weighted by atomic mass is 32.1. The van der Waals surface area contributed by atoms with Gasteiger partial charge < -0.3 is 4.40 Å². The second kappa shape index (κ2) is 2.86. The average Bonchev–Trinajstić information content (AvgIpc) is 2.85. The molecular weight excluding hydrogens is 214 g/mol. The summed E-state index contributed by atoms with van der Waals surface area (Å²) >= 11 is 1.86. The molecule has 2 heterocycles. The molecule has 0 amide bonds. The van der Waals surface area contributed by atoms with E-state index in [1.54, 1.807) is 0 Å². The number of nitrogens with zero attached hydrogens (tertiary/aromatic N) is 1. The molecule has 0 unspecified atom stereocenters. The highest BCUT2D eigenvalue weighted by Gasteiger charge is 2.07. The lowest BCUT2D eigenvalue weighted by molar-refractivity contribution is 1.32. The first kappa shape index (κ1) is 8.36. The Labute approximate surface area is 96.6 Å². The van der Waals surface area contributed by atoms with E-state index in [0.717, 1.165) is 0 Å². The van der Waals surface area contributed by atoms with E-state index in [-0.39, 0.29) is 0 Å². The Morgan fingerprint density at radius 2 is 1.69 bits per heavy atom. The summed E-state index contributed by atoms with van der Waals surface area (Å²) in [6.07, 6.45) is 2.23. The number of benzene rings is 2. The van der Waals surface area contributed by atoms with Crippen LogP contribution in [-0.2, 0) is 0 Å². The Balaban J connectivity index is 2.35. The van der Waals surface area contributed by atoms with Gasteiger partial charge in [0.2, 0.25) is 0 Å². The highest BCUT2D eigenvalue weighted by Crippen LogP contribution is 2.33. The Hall–Kier alpha value is -1.80. The zero-order valence-electron chi connectivity index (χ0n) is 8.55. The van der Waals surface area contributed by atoms with Crippen LogP contribution in [0.2, 0.25) is 0 Å². The van der Waals surface area contributed by atoms with Crippen LogP contribution < -0.4 is 0 Å². The van der Waals surface area contributed by atoms with E-state index in [2.05, 4.69) is 59.1 Å². The molecule has 2 heteroatoms. The molecule has 0 fully saturated rings. The van der Waals surface area contributed by atoms with Crippen molar-refractivity contribution < 1.29 is 0 Å². The third-order valence-electron chi connectivity index (χ3n) is 3.01. The van der Waals surface area contributed by atoms with Gasteiger partial charge in [0.15, 0.2) is 0 Å². The molecule has 1 nitrogen and oxygen atoms in total. The monoisotopic (exact) mass is 223 g/mol. The summed E-state index contributed by atoms with van der Waals surface area (Å²) in [7, 11) is 0. The molecule has 0 aliphatic rings. The van der Waals surface area contributed by atoms with Crippen LogP contribution in [-0.4, -0.2) is 4.40 Å². The van der Waals surface area contributed by atoms with Gasteiger partial charge in [-0.2, -0.15) is 0 Å². The molecule has 0 N–H and O–H groups in total. The quantitative estimate of drug-likeness (QED) is 0.418. The topological polar surface area (TPSA) is 4.41 Å². The number of thiazole rings is 1. The van der Waals surface area contributed by atoms with E-state index >= 15 is 0 Å². The van der Waals surface area contributed by atoms with Crippen molar-refractivity contribution in [2.24, 2.45) is 0 Å². The Morgan fingerprint density at radius 3 is 2.69 bits per heavy atom. The normalized spacial score (nSPS) is 11.8. The van der Waals surface area contributed by atoms with E-state index in [4.69, 9.17) is 0 Å². The molecule has 16 heavy (non-hydrogen) atoms. The number of rotatable bonds is 0. The van der Waals surface area contributed by atoms with Crippen molar-refractivity contribution in [2.75, 3.05) is 0 Å². The molecule has 0 aliphatic heterocycles. The van der Waals surface area contributed by atoms with Crippen molar-refractivity contribution in [1.29, 1.82) is 0 Å². The predicted molar refractivity (Wildman–Crippen MR) is 70.3 cm³/mol. The Bertz CT molecular complexity index is 737. The first-order valence-electron chi connectivity index (χ1n) is 5.31. The summed E-state index contributed by atoms with van der Waals surface area (Å²) in [6, 6.07) is 17.1. The van der Waals surface area contributed by atoms with Gasteiger partial charge in [0, 0.05) is 17.0 Å². The summed E-state index contributed by atoms with van der Waals surface area (Å²) in [5.41, 5.74) is 1.30. The first-order chi connectivity index (χ1) is 7.93. The zero-order valence-corrected chi connectivity index (χ0v) is 9.37. The van der Waals surface area contributed by atoms with Crippen molar-refractivity contribution >= 4 is 37.2 Å². The van der Waals surface area contributed by atoms with Gasteiger partial charge in [0.25, 0.3) is 0 Å². The van der Waals surface area contributed by atoms with Crippen LogP contribution in [0.3, 0.4) is 0 Å². The SMILES string of the molecule is c1ccc2c(c1)cn1c3ccccc3sc21. The molecule has 2 aromatic carbocycles. The van der Waals surface area contributed by atoms with E-state index in [0.29, 0.717) is 0 Å². The standard InChI is InChI=1S/C14H9NS/c1-2-6-11-10(5-1)9-15-12-7-3-4-8-13(12)16-14(11)15/h1-9H. The fourth-order valence-electron chi connectivity index (χ4n) is 2.26. The maximum Gasteiger partial charge on any atom is 0.108 e. The fourth-order valence-corrected chi connectivity index (χ4v) is 3.43. The molecule has 0 saturated carbocycles. The molecule has 4 rings (SSSR count). The molecule has 2 aromatic heterocycles. The minimum atomic E-state index is 1.30. The van der Waals surface area contributed by atoms with Crippen molar-refractivity contribution in [1.82, 2.24) is 4.40 Å². The molecule has 0 radical (unpaired) electrons. The molecule has 0 saturated heterocycles. The number of hydrogen-bond donors (Lipinski definition) is 0. The molecule has 0 spiro atoms. The minimum absolute atomic E-state index is 1.30. The molecule has 0 aliphatic carbocycles. The summed E-state index contributed by atoms with van der Waals surface area (Å²) in [5.74, 6) is 0. The van der Waals surface area contributed by atoms with Crippen LogP contribution in [0.1, 0.15) is 0 Å². The van der Waals surface area contributed by atoms with Gasteiger partial charge in [-0.05, 0) is 12.1 Å². The third kappa shape index (κ3) is 0.947. The van der Waals surface area contributed by atoms with Gasteiger partial charge >= 0.3 is 0 Å². The van der Waals surface area contributed by atoms with Crippen molar-refractivity contribution in [3.8, 4) is 0 Å². The predicted octanol–water partition coefficient (Wildman–Crippen LogP) is 4.31. The van der Waals surface area contributed by atoms with Crippen LogP contribution in [0.4, 0.5) is 0 Å². The molecule has 0 atom stereocenters. The maximum absolute atomic E-state index is 2.30. The molecule has 4 aromatic rings. The zero-order chi connectivity index (χ0) is 10.5. The van der Waals surface area contributed by atoms with Crippen LogP contribution in [0.5, 0.6) is 0 Å². The second-order valence-corrected chi connectivity index (χ2v) is 4.99. The number of aromatic nitrogens is 1. The van der Waals surface area contributed by atoms with E-state index in [1.807, 2.05) is 11.3 Å². The van der Waals surface area contributed by atoms with Crippen LogP contribution in [0, 0.1) is 0 Å². The van der Waals surface area contributed by atoms with Crippen LogP contribution in [0.15, 0.2) is 54.7 Å². The van der Waals surface area contributed by atoms with Gasteiger partial charge in [-0.3, -0.25) is 0 Å². The Morgan fingerprint density at radius 1 is 0.875 bits per heavy atom. The number of para-hydroxylation sites is 1. The van der Waals surface area contributed by atoms with Gasteiger partial charge in [0.05, 0.1) is 10.2 Å². The lowest BCUT2D eigenvalue weighted by Gasteiger charge is -1.88. The first-order valence-corrected chi connectivity index (χ1v) is 6.12. The van der Waals surface area contributed by atoms with Crippen molar-refractivity contribution in [3.63, 3.8) is 0 Å². The van der Waals surface area contributed by atoms with Gasteiger partial charge in [-0.15, -0.1) is 11.3 Å². The Kier molecular flexibility index (Phi) is 1.50. The average molecular weight is 223 g/mol. The van der Waals surface area contributed by atoms with Crippen LogP contribution >= 0.6 is 11.3 Å². The second-order valence-electron chi connectivity index (χ2n) is 3.96. The van der Waals surface area contributed by atoms with E-state index < -0.39 is 0 Å². The lowest BCUT2D eigenvalue weighted by Crippen LogP contribution is -1.73. The van der Waals surface area contributed by atoms with Crippen molar-refractivity contribution in [3.05, 3.63) is 54.7 Å². The van der Waals surface area contributed by atoms with Gasteiger partial charge in [-0.25, -0.2) is 0 Å². The van der Waals surface area contributed by atoms with E-state index in [1.165, 1.54) is 25.8 Å². The largest absolute Gasteiger partial charge is 0.306 e. The summed E-state index contributed by atoms with van der Waals surface area (Å²) < 4.78 is 3.65. The minimum Gasteiger partial charge on any atom is -0.306 e. The van der Waals surface area contributed by atoms with Gasteiger partial charge in [-0.1, -0.05) is 36.4 Å². The van der Waals surface area contributed by atoms with E-state index in [9.17, 15) is 0 Å². The summed E-state index contributed by atoms with van der Waals surface area (Å²) in [5, 5.41) is 2.67. The summed E-state index contributed by atoms with van der Waals surface area (Å²) in [6.45, 7) is 0. The highest BCUT2D eigenvalue weighted by molar-refractivity contribution is 7.24. The molecule has 0 bridgehead atoms. The summed E-state index contributed by atoms with van der Waals surface area (Å²) in [4.78, 5) is 1.34.